The van der Waals surface area contributed by atoms with E-state index in [-0.39, 0.29) is 5.41 Å². The van der Waals surface area contributed by atoms with Crippen LogP contribution in [0.4, 0.5) is 5.95 Å². The fourth-order valence-corrected chi connectivity index (χ4v) is 3.58. The summed E-state index contributed by atoms with van der Waals surface area (Å²) >= 11 is 0. The van der Waals surface area contributed by atoms with Gasteiger partial charge in [0.25, 0.3) is 0 Å². The predicted molar refractivity (Wildman–Crippen MR) is 86.6 cm³/mol. The number of aromatic amines is 2. The third kappa shape index (κ3) is 2.51. The monoisotopic (exact) mass is 302 g/mol. The molecule has 1 aliphatic rings. The summed E-state index contributed by atoms with van der Waals surface area (Å²) in [5, 5.41) is 7.53. The van der Waals surface area contributed by atoms with Gasteiger partial charge in [0, 0.05) is 24.0 Å². The molecule has 1 saturated carbocycles. The van der Waals surface area contributed by atoms with Crippen LogP contribution < -0.4 is 5.73 Å². The largest absolute Gasteiger partial charge is 0.369 e. The van der Waals surface area contributed by atoms with Crippen LogP contribution in [0, 0.1) is 12.3 Å². The number of aryl methyl sites for hydroxylation is 2. The number of hydrogen-bond donors (Lipinski definition) is 3. The van der Waals surface area contributed by atoms with Gasteiger partial charge in [-0.2, -0.15) is 5.10 Å². The van der Waals surface area contributed by atoms with Crippen molar-refractivity contribution in [2.45, 2.75) is 65.2 Å². The van der Waals surface area contributed by atoms with Crippen LogP contribution in [0.25, 0.3) is 0 Å². The number of nitrogen functional groups attached to an aromatic ring is 1. The number of anilines is 1. The predicted octanol–water partition coefficient (Wildman–Crippen LogP) is 3.06. The van der Waals surface area contributed by atoms with Crippen LogP contribution in [0.3, 0.4) is 0 Å². The second kappa shape index (κ2) is 5.41. The van der Waals surface area contributed by atoms with Crippen molar-refractivity contribution >= 4 is 5.95 Å². The Balaban J connectivity index is 1.76. The minimum Gasteiger partial charge on any atom is -0.369 e. The van der Waals surface area contributed by atoms with Gasteiger partial charge in [0.1, 0.15) is 5.82 Å². The maximum atomic E-state index is 5.79. The molecule has 6 nitrogen and oxygen atoms in total. The molecule has 1 aliphatic carbocycles. The van der Waals surface area contributed by atoms with Gasteiger partial charge in [-0.1, -0.05) is 33.6 Å². The lowest BCUT2D eigenvalue weighted by molar-refractivity contribution is 0.590. The molecule has 0 spiro atoms. The third-order valence-corrected chi connectivity index (χ3v) is 4.93. The first-order valence-corrected chi connectivity index (χ1v) is 8.18. The van der Waals surface area contributed by atoms with Crippen molar-refractivity contribution in [3.63, 3.8) is 0 Å². The zero-order valence-corrected chi connectivity index (χ0v) is 13.9. The zero-order valence-electron chi connectivity index (χ0n) is 13.9. The molecule has 0 saturated heterocycles. The molecule has 0 radical (unpaired) electrons. The van der Waals surface area contributed by atoms with Gasteiger partial charge in [0.05, 0.1) is 5.69 Å². The van der Waals surface area contributed by atoms with Gasteiger partial charge in [-0.05, 0) is 18.8 Å². The molecule has 2 atom stereocenters. The van der Waals surface area contributed by atoms with Crippen LogP contribution in [0.15, 0.2) is 0 Å². The van der Waals surface area contributed by atoms with Crippen LogP contribution >= 0.6 is 0 Å². The molecule has 2 aromatic rings. The topological polar surface area (TPSA) is 96.3 Å². The van der Waals surface area contributed by atoms with Crippen molar-refractivity contribution < 1.29 is 0 Å². The van der Waals surface area contributed by atoms with E-state index in [0.29, 0.717) is 17.8 Å². The summed E-state index contributed by atoms with van der Waals surface area (Å²) in [6.45, 7) is 8.74. The molecular formula is C16H26N6. The third-order valence-electron chi connectivity index (χ3n) is 4.93. The zero-order chi connectivity index (χ0) is 15.9. The van der Waals surface area contributed by atoms with Crippen molar-refractivity contribution in [2.24, 2.45) is 5.41 Å². The van der Waals surface area contributed by atoms with Crippen molar-refractivity contribution in [1.29, 1.82) is 0 Å². The van der Waals surface area contributed by atoms with Crippen LogP contribution in [0.2, 0.25) is 0 Å². The summed E-state index contributed by atoms with van der Waals surface area (Å²) in [7, 11) is 0. The van der Waals surface area contributed by atoms with Crippen molar-refractivity contribution in [1.82, 2.24) is 25.1 Å². The number of nitrogens with two attached hydrogens (primary N) is 1. The number of rotatable bonds is 6. The Morgan fingerprint density at radius 3 is 2.59 bits per heavy atom. The van der Waals surface area contributed by atoms with Crippen LogP contribution in [0.5, 0.6) is 0 Å². The smallest absolute Gasteiger partial charge is 0.197 e. The van der Waals surface area contributed by atoms with Gasteiger partial charge in [0.2, 0.25) is 0 Å². The Kier molecular flexibility index (Phi) is 3.70. The molecule has 2 heterocycles. The molecular weight excluding hydrogens is 276 g/mol. The second-order valence-electron chi connectivity index (χ2n) is 6.99. The van der Waals surface area contributed by atoms with Gasteiger partial charge in [-0.25, -0.2) is 9.97 Å². The van der Waals surface area contributed by atoms with E-state index >= 15 is 0 Å². The van der Waals surface area contributed by atoms with Gasteiger partial charge >= 0.3 is 0 Å². The van der Waals surface area contributed by atoms with Gasteiger partial charge in [-0.3, -0.25) is 5.10 Å². The van der Waals surface area contributed by atoms with Crippen LogP contribution in [-0.4, -0.2) is 25.1 Å². The number of imidazole rings is 1. The van der Waals surface area contributed by atoms with E-state index < -0.39 is 0 Å². The van der Waals surface area contributed by atoms with Crippen molar-refractivity contribution in [3.8, 4) is 0 Å². The summed E-state index contributed by atoms with van der Waals surface area (Å²) in [5.41, 5.74) is 8.05. The van der Waals surface area contributed by atoms with Gasteiger partial charge < -0.3 is 10.7 Å². The molecule has 0 aromatic carbocycles. The summed E-state index contributed by atoms with van der Waals surface area (Å²) in [6, 6.07) is 0. The molecule has 1 fully saturated rings. The maximum absolute atomic E-state index is 5.79. The molecule has 22 heavy (non-hydrogen) atoms. The molecule has 0 bridgehead atoms. The van der Waals surface area contributed by atoms with Gasteiger partial charge in [0.15, 0.2) is 11.8 Å². The van der Waals surface area contributed by atoms with E-state index in [0.717, 1.165) is 35.9 Å². The molecule has 2 aromatic heterocycles. The average Bonchev–Trinajstić information content (AvgIpc) is 2.81. The van der Waals surface area contributed by atoms with E-state index in [2.05, 4.69) is 40.9 Å². The van der Waals surface area contributed by atoms with Crippen LogP contribution in [-0.2, 0) is 6.42 Å². The average molecular weight is 302 g/mol. The lowest BCUT2D eigenvalue weighted by Crippen LogP contribution is -1.93. The number of hydrogen-bond acceptors (Lipinski definition) is 4. The standard InChI is InChI=1S/C16H26N6/c1-5-6-7-8-10-19-14(22-21-10)12-11(16(12,3)4)13-9(2)18-15(17)20-13/h11-12H,5-8H2,1-4H3,(H3,17,18,20)(H,19,21,22)/t11-,12-/m0/s1. The summed E-state index contributed by atoms with van der Waals surface area (Å²) in [6.07, 6.45) is 4.56. The maximum Gasteiger partial charge on any atom is 0.197 e. The van der Waals surface area contributed by atoms with Crippen LogP contribution in [0.1, 0.15) is 74.9 Å². The first kappa shape index (κ1) is 15.1. The summed E-state index contributed by atoms with van der Waals surface area (Å²) in [4.78, 5) is 12.2. The van der Waals surface area contributed by atoms with Crippen molar-refractivity contribution in [2.75, 3.05) is 5.73 Å². The molecule has 120 valence electrons. The molecule has 0 aliphatic heterocycles. The first-order valence-electron chi connectivity index (χ1n) is 8.18. The fourth-order valence-electron chi connectivity index (χ4n) is 3.58. The molecule has 6 heteroatoms. The minimum absolute atomic E-state index is 0.143. The Labute approximate surface area is 131 Å². The van der Waals surface area contributed by atoms with Gasteiger partial charge in [-0.15, -0.1) is 0 Å². The fraction of sp³-hybridized carbons (Fsp3) is 0.688. The summed E-state index contributed by atoms with van der Waals surface area (Å²) in [5.74, 6) is 3.14. The van der Waals surface area contributed by atoms with E-state index in [1.807, 2.05) is 6.92 Å². The summed E-state index contributed by atoms with van der Waals surface area (Å²) < 4.78 is 0. The Morgan fingerprint density at radius 2 is 1.95 bits per heavy atom. The lowest BCUT2D eigenvalue weighted by atomic mass is 10.1. The Hall–Kier alpha value is -1.85. The number of H-pyrrole nitrogens is 2. The normalized spacial score (nSPS) is 22.9. The number of nitrogens with zero attached hydrogens (tertiary/aromatic N) is 3. The Bertz CT molecular complexity index is 653. The Morgan fingerprint density at radius 1 is 1.18 bits per heavy atom. The minimum atomic E-state index is 0.143. The van der Waals surface area contributed by atoms with E-state index in [4.69, 9.17) is 10.7 Å². The highest BCUT2D eigenvalue weighted by Crippen LogP contribution is 2.69. The van der Waals surface area contributed by atoms with E-state index in [9.17, 15) is 0 Å². The van der Waals surface area contributed by atoms with Crippen molar-refractivity contribution in [3.05, 3.63) is 23.0 Å². The molecule has 4 N–H and O–H groups in total. The number of unbranched alkanes of at least 4 members (excludes halogenated alkanes) is 2. The molecule has 0 amide bonds. The number of aromatic nitrogens is 5. The van der Waals surface area contributed by atoms with E-state index in [1.165, 1.54) is 12.8 Å². The number of nitrogens with one attached hydrogen (secondary N) is 2. The quantitative estimate of drug-likeness (QED) is 0.714. The SMILES string of the molecule is CCCCCc1n[nH]c([C@@H]2[C@@H](c3[nH]c(N)nc3C)C2(C)C)n1. The highest BCUT2D eigenvalue weighted by Gasteiger charge is 2.62. The first-order chi connectivity index (χ1) is 10.4. The lowest BCUT2D eigenvalue weighted by Gasteiger charge is -2.00. The molecule has 0 unspecified atom stereocenters. The molecule has 3 rings (SSSR count). The highest BCUT2D eigenvalue weighted by molar-refractivity contribution is 5.39. The highest BCUT2D eigenvalue weighted by atomic mass is 15.2. The van der Waals surface area contributed by atoms with E-state index in [1.54, 1.807) is 0 Å². The second-order valence-corrected chi connectivity index (χ2v) is 6.99.